The molecular weight excluding hydrogens is 284 g/mol. The van der Waals surface area contributed by atoms with Gasteiger partial charge < -0.3 is 10.6 Å². The summed E-state index contributed by atoms with van der Waals surface area (Å²) in [4.78, 5) is 14.2. The van der Waals surface area contributed by atoms with Crippen molar-refractivity contribution in [2.75, 3.05) is 12.3 Å². The van der Waals surface area contributed by atoms with E-state index in [-0.39, 0.29) is 5.91 Å². The second kappa shape index (κ2) is 7.14. The number of carbonyl (C=O) groups excluding carboxylic acids is 1. The van der Waals surface area contributed by atoms with E-state index in [1.807, 2.05) is 49.4 Å². The van der Waals surface area contributed by atoms with Crippen LogP contribution in [0.5, 0.6) is 0 Å². The fourth-order valence-corrected chi connectivity index (χ4v) is 2.41. The normalized spacial score (nSPS) is 10.4. The summed E-state index contributed by atoms with van der Waals surface area (Å²) in [6.45, 7) is 3.14. The van der Waals surface area contributed by atoms with Crippen LogP contribution in [-0.4, -0.2) is 17.4 Å². The molecule has 0 aromatic heterocycles. The van der Waals surface area contributed by atoms with E-state index < -0.39 is 0 Å². The number of anilines is 1. The fourth-order valence-electron chi connectivity index (χ4n) is 2.19. The highest BCUT2D eigenvalue weighted by Crippen LogP contribution is 2.16. The summed E-state index contributed by atoms with van der Waals surface area (Å²) in [6.07, 6.45) is 0.348. The Morgan fingerprint density at radius 2 is 1.95 bits per heavy atom. The number of nitrogens with two attached hydrogens (primary N) is 1. The smallest absolute Gasteiger partial charge is 0.227 e. The van der Waals surface area contributed by atoms with Crippen molar-refractivity contribution in [3.8, 4) is 0 Å². The molecule has 0 saturated carbocycles. The quantitative estimate of drug-likeness (QED) is 0.859. The number of likely N-dealkylation sites (N-methyl/N-ethyl adjacent to an activating group) is 1. The molecule has 0 atom stereocenters. The van der Waals surface area contributed by atoms with E-state index in [2.05, 4.69) is 0 Å². The highest BCUT2D eigenvalue weighted by molar-refractivity contribution is 6.30. The first-order valence-corrected chi connectivity index (χ1v) is 7.33. The largest absolute Gasteiger partial charge is 0.398 e. The number of halogens is 1. The summed E-state index contributed by atoms with van der Waals surface area (Å²) >= 11 is 5.95. The maximum absolute atomic E-state index is 12.4. The van der Waals surface area contributed by atoms with Gasteiger partial charge in [0.25, 0.3) is 0 Å². The third kappa shape index (κ3) is 4.23. The van der Waals surface area contributed by atoms with Gasteiger partial charge in [-0.2, -0.15) is 0 Å². The molecular formula is C17H19ClN2O. The number of hydrogen-bond donors (Lipinski definition) is 1. The van der Waals surface area contributed by atoms with Gasteiger partial charge in [0, 0.05) is 23.8 Å². The Bertz CT molecular complexity index is 628. The first-order valence-electron chi connectivity index (χ1n) is 6.95. The molecule has 0 bridgehead atoms. The molecule has 0 aliphatic carbocycles. The van der Waals surface area contributed by atoms with E-state index >= 15 is 0 Å². The molecule has 4 heteroatoms. The number of amides is 1. The molecule has 21 heavy (non-hydrogen) atoms. The Labute approximate surface area is 130 Å². The summed E-state index contributed by atoms with van der Waals surface area (Å²) < 4.78 is 0. The van der Waals surface area contributed by atoms with Crippen molar-refractivity contribution in [2.45, 2.75) is 19.9 Å². The molecule has 2 aromatic carbocycles. The molecule has 1 amide bonds. The molecule has 0 saturated heterocycles. The lowest BCUT2D eigenvalue weighted by molar-refractivity contribution is -0.130. The van der Waals surface area contributed by atoms with Crippen molar-refractivity contribution >= 4 is 23.2 Å². The van der Waals surface area contributed by atoms with Gasteiger partial charge in [0.2, 0.25) is 5.91 Å². The Balaban J connectivity index is 2.07. The van der Waals surface area contributed by atoms with Gasteiger partial charge in [0.1, 0.15) is 0 Å². The predicted molar refractivity (Wildman–Crippen MR) is 87.1 cm³/mol. The van der Waals surface area contributed by atoms with Gasteiger partial charge in [0.15, 0.2) is 0 Å². The lowest BCUT2D eigenvalue weighted by atomic mass is 10.1. The van der Waals surface area contributed by atoms with Gasteiger partial charge >= 0.3 is 0 Å². The minimum absolute atomic E-state index is 0.0722. The molecule has 3 nitrogen and oxygen atoms in total. The van der Waals surface area contributed by atoms with E-state index in [1.54, 1.807) is 11.0 Å². The van der Waals surface area contributed by atoms with Crippen molar-refractivity contribution in [1.29, 1.82) is 0 Å². The molecule has 110 valence electrons. The van der Waals surface area contributed by atoms with Crippen molar-refractivity contribution in [3.05, 3.63) is 64.7 Å². The van der Waals surface area contributed by atoms with E-state index in [0.29, 0.717) is 30.2 Å². The maximum Gasteiger partial charge on any atom is 0.227 e. The number of benzene rings is 2. The molecule has 0 spiro atoms. The first kappa shape index (κ1) is 15.4. The lowest BCUT2D eigenvalue weighted by Crippen LogP contribution is -2.31. The average Bonchev–Trinajstić information content (AvgIpc) is 2.46. The Hall–Kier alpha value is -2.00. The van der Waals surface area contributed by atoms with Gasteiger partial charge in [-0.1, -0.05) is 41.9 Å². The molecule has 0 heterocycles. The van der Waals surface area contributed by atoms with E-state index in [9.17, 15) is 4.79 Å². The van der Waals surface area contributed by atoms with Gasteiger partial charge in [-0.15, -0.1) is 0 Å². The predicted octanol–water partition coefficient (Wildman–Crippen LogP) is 3.51. The van der Waals surface area contributed by atoms with Crippen LogP contribution in [-0.2, 0) is 17.8 Å². The molecule has 0 radical (unpaired) electrons. The van der Waals surface area contributed by atoms with Crippen LogP contribution in [0.2, 0.25) is 5.02 Å². The van der Waals surface area contributed by atoms with Crippen LogP contribution in [0.4, 0.5) is 5.69 Å². The van der Waals surface area contributed by atoms with E-state index in [4.69, 9.17) is 17.3 Å². The first-order chi connectivity index (χ1) is 10.1. The van der Waals surface area contributed by atoms with Crippen LogP contribution < -0.4 is 5.73 Å². The summed E-state index contributed by atoms with van der Waals surface area (Å²) in [5, 5.41) is 0.649. The number of rotatable bonds is 5. The Morgan fingerprint density at radius 1 is 1.19 bits per heavy atom. The molecule has 0 fully saturated rings. The number of para-hydroxylation sites is 1. The van der Waals surface area contributed by atoms with Crippen molar-refractivity contribution in [2.24, 2.45) is 0 Å². The average molecular weight is 303 g/mol. The van der Waals surface area contributed by atoms with Crippen molar-refractivity contribution in [3.63, 3.8) is 0 Å². The van der Waals surface area contributed by atoms with Crippen LogP contribution in [0, 0.1) is 0 Å². The second-order valence-electron chi connectivity index (χ2n) is 4.91. The maximum atomic E-state index is 12.4. The van der Waals surface area contributed by atoms with Crippen molar-refractivity contribution < 1.29 is 4.79 Å². The molecule has 0 aliphatic heterocycles. The van der Waals surface area contributed by atoms with E-state index in [1.165, 1.54) is 0 Å². The van der Waals surface area contributed by atoms with Crippen LogP contribution >= 0.6 is 11.6 Å². The summed E-state index contributed by atoms with van der Waals surface area (Å²) in [7, 11) is 0. The molecule has 0 aliphatic rings. The van der Waals surface area contributed by atoms with Gasteiger partial charge in [-0.05, 0) is 36.2 Å². The summed E-state index contributed by atoms with van der Waals surface area (Å²) in [5.74, 6) is 0.0722. The van der Waals surface area contributed by atoms with Crippen LogP contribution in [0.3, 0.4) is 0 Å². The zero-order valence-electron chi connectivity index (χ0n) is 12.1. The van der Waals surface area contributed by atoms with Gasteiger partial charge in [0.05, 0.1) is 6.42 Å². The fraction of sp³-hybridized carbons (Fsp3) is 0.235. The second-order valence-corrected chi connectivity index (χ2v) is 5.35. The van der Waals surface area contributed by atoms with Gasteiger partial charge in [-0.25, -0.2) is 0 Å². The number of carbonyl (C=O) groups is 1. The SMILES string of the molecule is CCN(Cc1ccccc1N)C(=O)Cc1cccc(Cl)c1. The van der Waals surface area contributed by atoms with Gasteiger partial charge in [-0.3, -0.25) is 4.79 Å². The summed E-state index contributed by atoms with van der Waals surface area (Å²) in [6, 6.07) is 15.0. The van der Waals surface area contributed by atoms with Crippen LogP contribution in [0.15, 0.2) is 48.5 Å². The van der Waals surface area contributed by atoms with Crippen LogP contribution in [0.1, 0.15) is 18.1 Å². The highest BCUT2D eigenvalue weighted by Gasteiger charge is 2.14. The highest BCUT2D eigenvalue weighted by atomic mass is 35.5. The number of nitrogen functional groups attached to an aromatic ring is 1. The minimum atomic E-state index is 0.0722. The monoisotopic (exact) mass is 302 g/mol. The standard InChI is InChI=1S/C17H19ClN2O/c1-2-20(12-14-7-3-4-9-16(14)19)17(21)11-13-6-5-8-15(18)10-13/h3-10H,2,11-12,19H2,1H3. The lowest BCUT2D eigenvalue weighted by Gasteiger charge is -2.22. The number of hydrogen-bond acceptors (Lipinski definition) is 2. The number of nitrogens with zero attached hydrogens (tertiary/aromatic N) is 1. The Morgan fingerprint density at radius 3 is 2.62 bits per heavy atom. The molecule has 0 unspecified atom stereocenters. The third-order valence-electron chi connectivity index (χ3n) is 3.40. The zero-order chi connectivity index (χ0) is 15.2. The van der Waals surface area contributed by atoms with Crippen LogP contribution in [0.25, 0.3) is 0 Å². The minimum Gasteiger partial charge on any atom is -0.398 e. The Kier molecular flexibility index (Phi) is 5.23. The van der Waals surface area contributed by atoms with E-state index in [0.717, 1.165) is 11.1 Å². The molecule has 2 rings (SSSR count). The molecule has 2 N–H and O–H groups in total. The molecule has 2 aromatic rings. The topological polar surface area (TPSA) is 46.3 Å². The van der Waals surface area contributed by atoms with Crippen molar-refractivity contribution in [1.82, 2.24) is 4.90 Å². The summed E-state index contributed by atoms with van der Waals surface area (Å²) in [5.41, 5.74) is 8.55. The zero-order valence-corrected chi connectivity index (χ0v) is 12.8. The third-order valence-corrected chi connectivity index (χ3v) is 3.63.